The van der Waals surface area contributed by atoms with Crippen molar-refractivity contribution in [2.24, 2.45) is 5.73 Å². The van der Waals surface area contributed by atoms with E-state index in [4.69, 9.17) is 10.5 Å². The van der Waals surface area contributed by atoms with Gasteiger partial charge in [-0.05, 0) is 34.5 Å². The molecule has 1 aromatic carbocycles. The van der Waals surface area contributed by atoms with Crippen LogP contribution in [0.3, 0.4) is 0 Å². The third-order valence-electron chi connectivity index (χ3n) is 2.23. The van der Waals surface area contributed by atoms with Crippen LogP contribution in [0.2, 0.25) is 0 Å². The third-order valence-corrected chi connectivity index (χ3v) is 2.96. The van der Waals surface area contributed by atoms with Crippen LogP contribution >= 0.6 is 15.9 Å². The molecule has 0 saturated heterocycles. The number of halogens is 3. The van der Waals surface area contributed by atoms with Crippen LogP contribution in [0.25, 0.3) is 0 Å². The SMILES string of the molecule is COc1c(C(C)CN)cc(F)c(Br)c1F. The Hall–Kier alpha value is -0.680. The number of methoxy groups -OCH3 is 1. The molecular weight excluding hydrogens is 268 g/mol. The van der Waals surface area contributed by atoms with E-state index in [0.29, 0.717) is 12.1 Å². The summed E-state index contributed by atoms with van der Waals surface area (Å²) in [6, 6.07) is 1.24. The molecule has 0 spiro atoms. The molecule has 0 fully saturated rings. The average Bonchev–Trinajstić information content (AvgIpc) is 2.24. The molecule has 0 heterocycles. The lowest BCUT2D eigenvalue weighted by Crippen LogP contribution is -2.11. The molecule has 0 radical (unpaired) electrons. The average molecular weight is 280 g/mol. The Labute approximate surface area is 95.5 Å². The maximum Gasteiger partial charge on any atom is 0.182 e. The molecule has 0 aromatic heterocycles. The highest BCUT2D eigenvalue weighted by atomic mass is 79.9. The van der Waals surface area contributed by atoms with Crippen molar-refractivity contribution < 1.29 is 13.5 Å². The highest BCUT2D eigenvalue weighted by Crippen LogP contribution is 2.35. The van der Waals surface area contributed by atoms with Crippen molar-refractivity contribution in [1.82, 2.24) is 0 Å². The van der Waals surface area contributed by atoms with Crippen molar-refractivity contribution in [3.8, 4) is 5.75 Å². The molecule has 15 heavy (non-hydrogen) atoms. The van der Waals surface area contributed by atoms with E-state index >= 15 is 0 Å². The highest BCUT2D eigenvalue weighted by molar-refractivity contribution is 9.10. The summed E-state index contributed by atoms with van der Waals surface area (Å²) in [6.07, 6.45) is 0. The van der Waals surface area contributed by atoms with E-state index in [1.54, 1.807) is 6.92 Å². The summed E-state index contributed by atoms with van der Waals surface area (Å²) < 4.78 is 31.5. The number of rotatable bonds is 3. The quantitative estimate of drug-likeness (QED) is 0.864. The first-order chi connectivity index (χ1) is 7.02. The van der Waals surface area contributed by atoms with Crippen LogP contribution in [0, 0.1) is 11.6 Å². The topological polar surface area (TPSA) is 35.2 Å². The maximum absolute atomic E-state index is 13.6. The predicted molar refractivity (Wildman–Crippen MR) is 58.1 cm³/mol. The minimum absolute atomic E-state index is 0.0428. The van der Waals surface area contributed by atoms with E-state index in [9.17, 15) is 8.78 Å². The molecule has 0 aliphatic carbocycles. The van der Waals surface area contributed by atoms with Crippen molar-refractivity contribution in [3.05, 3.63) is 27.7 Å². The number of nitrogens with two attached hydrogens (primary N) is 1. The molecule has 5 heteroatoms. The molecule has 1 aromatic rings. The lowest BCUT2D eigenvalue weighted by molar-refractivity contribution is 0.374. The van der Waals surface area contributed by atoms with Gasteiger partial charge in [0.15, 0.2) is 11.6 Å². The van der Waals surface area contributed by atoms with Crippen LogP contribution in [0.1, 0.15) is 18.4 Å². The molecule has 0 bridgehead atoms. The van der Waals surface area contributed by atoms with Gasteiger partial charge in [-0.2, -0.15) is 0 Å². The molecule has 2 nitrogen and oxygen atoms in total. The molecule has 84 valence electrons. The molecule has 0 aliphatic heterocycles. The molecule has 2 N–H and O–H groups in total. The molecular formula is C10H12BrF2NO. The van der Waals surface area contributed by atoms with E-state index in [2.05, 4.69) is 15.9 Å². The van der Waals surface area contributed by atoms with E-state index in [0.717, 1.165) is 0 Å². The highest BCUT2D eigenvalue weighted by Gasteiger charge is 2.20. The first kappa shape index (κ1) is 12.4. The summed E-state index contributed by atoms with van der Waals surface area (Å²) in [6.45, 7) is 2.08. The van der Waals surface area contributed by atoms with E-state index in [1.165, 1.54) is 13.2 Å². The fourth-order valence-electron chi connectivity index (χ4n) is 1.30. The largest absolute Gasteiger partial charge is 0.493 e. The zero-order valence-electron chi connectivity index (χ0n) is 8.48. The van der Waals surface area contributed by atoms with Crippen molar-refractivity contribution >= 4 is 15.9 Å². The van der Waals surface area contributed by atoms with Gasteiger partial charge in [0.2, 0.25) is 0 Å². The number of hydrogen-bond acceptors (Lipinski definition) is 2. The van der Waals surface area contributed by atoms with Crippen LogP contribution in [-0.4, -0.2) is 13.7 Å². The Morgan fingerprint density at radius 3 is 2.60 bits per heavy atom. The van der Waals surface area contributed by atoms with E-state index < -0.39 is 11.6 Å². The van der Waals surface area contributed by atoms with Crippen molar-refractivity contribution in [2.75, 3.05) is 13.7 Å². The monoisotopic (exact) mass is 279 g/mol. The van der Waals surface area contributed by atoms with Gasteiger partial charge >= 0.3 is 0 Å². The molecule has 1 unspecified atom stereocenters. The summed E-state index contributed by atoms with van der Waals surface area (Å²) in [4.78, 5) is 0. The van der Waals surface area contributed by atoms with Gasteiger partial charge in [0, 0.05) is 5.56 Å². The van der Waals surface area contributed by atoms with E-state index in [-0.39, 0.29) is 16.1 Å². The van der Waals surface area contributed by atoms with Crippen molar-refractivity contribution in [3.63, 3.8) is 0 Å². The second kappa shape index (κ2) is 4.90. The molecule has 1 rings (SSSR count). The summed E-state index contributed by atoms with van der Waals surface area (Å²) in [5, 5.41) is 0. The first-order valence-electron chi connectivity index (χ1n) is 4.44. The molecule has 1 atom stereocenters. The first-order valence-corrected chi connectivity index (χ1v) is 5.23. The summed E-state index contributed by atoms with van der Waals surface area (Å²) in [7, 11) is 1.34. The zero-order chi connectivity index (χ0) is 11.6. The number of ether oxygens (including phenoxy) is 1. The second-order valence-electron chi connectivity index (χ2n) is 3.25. The van der Waals surface area contributed by atoms with E-state index in [1.807, 2.05) is 0 Å². The Bertz CT molecular complexity index is 371. The minimum Gasteiger partial charge on any atom is -0.493 e. The Morgan fingerprint density at radius 2 is 2.13 bits per heavy atom. The maximum atomic E-state index is 13.6. The standard InChI is InChI=1S/C10H12BrF2NO/c1-5(4-14)6-3-7(12)8(11)9(13)10(6)15-2/h3,5H,4,14H2,1-2H3. The fourth-order valence-corrected chi connectivity index (χ4v) is 1.59. The Kier molecular flexibility index (Phi) is 4.04. The van der Waals surface area contributed by atoms with Gasteiger partial charge in [0.05, 0.1) is 11.6 Å². The smallest absolute Gasteiger partial charge is 0.182 e. The Morgan fingerprint density at radius 1 is 1.53 bits per heavy atom. The van der Waals surface area contributed by atoms with Gasteiger partial charge in [-0.3, -0.25) is 0 Å². The summed E-state index contributed by atoms with van der Waals surface area (Å²) in [5.41, 5.74) is 5.90. The lowest BCUT2D eigenvalue weighted by atomic mass is 10.00. The Balaban J connectivity index is 3.38. The van der Waals surface area contributed by atoms with Gasteiger partial charge in [-0.15, -0.1) is 0 Å². The second-order valence-corrected chi connectivity index (χ2v) is 4.04. The van der Waals surface area contributed by atoms with Crippen LogP contribution < -0.4 is 10.5 Å². The number of benzene rings is 1. The van der Waals surface area contributed by atoms with Gasteiger partial charge in [0.25, 0.3) is 0 Å². The minimum atomic E-state index is -0.729. The van der Waals surface area contributed by atoms with Crippen molar-refractivity contribution in [2.45, 2.75) is 12.8 Å². The molecule has 0 aliphatic rings. The summed E-state index contributed by atoms with van der Waals surface area (Å²) >= 11 is 2.81. The normalized spacial score (nSPS) is 12.7. The van der Waals surface area contributed by atoms with Crippen molar-refractivity contribution in [1.29, 1.82) is 0 Å². The molecule has 0 saturated carbocycles. The van der Waals surface area contributed by atoms with Gasteiger partial charge in [-0.1, -0.05) is 6.92 Å². The lowest BCUT2D eigenvalue weighted by Gasteiger charge is -2.15. The van der Waals surface area contributed by atoms with Crippen LogP contribution in [-0.2, 0) is 0 Å². The summed E-state index contributed by atoms with van der Waals surface area (Å²) in [5.74, 6) is -1.49. The van der Waals surface area contributed by atoms with Gasteiger partial charge < -0.3 is 10.5 Å². The van der Waals surface area contributed by atoms with Gasteiger partial charge in [-0.25, -0.2) is 8.78 Å². The van der Waals surface area contributed by atoms with Crippen LogP contribution in [0.4, 0.5) is 8.78 Å². The number of hydrogen-bond donors (Lipinski definition) is 1. The predicted octanol–water partition coefficient (Wildman–Crippen LogP) is 2.80. The third kappa shape index (κ3) is 2.29. The van der Waals surface area contributed by atoms with Gasteiger partial charge in [0.1, 0.15) is 5.82 Å². The van der Waals surface area contributed by atoms with Crippen LogP contribution in [0.5, 0.6) is 5.75 Å². The zero-order valence-corrected chi connectivity index (χ0v) is 10.1. The molecule has 0 amide bonds. The fraction of sp³-hybridized carbons (Fsp3) is 0.400. The van der Waals surface area contributed by atoms with Crippen LogP contribution in [0.15, 0.2) is 10.5 Å².